The van der Waals surface area contributed by atoms with Crippen molar-refractivity contribution >= 4 is 43.8 Å². The lowest BCUT2D eigenvalue weighted by Gasteiger charge is -2.05. The summed E-state index contributed by atoms with van der Waals surface area (Å²) in [6, 6.07) is 5.39. The Labute approximate surface area is 115 Å². The van der Waals surface area contributed by atoms with Crippen LogP contribution in [-0.2, 0) is 16.6 Å². The topological polar surface area (TPSA) is 56.0 Å². The second-order valence-corrected chi connectivity index (χ2v) is 6.93. The summed E-state index contributed by atoms with van der Waals surface area (Å²) >= 11 is 4.91. The lowest BCUT2D eigenvalue weighted by molar-refractivity contribution is 0.682. The maximum atomic E-state index is 12.2. The lowest BCUT2D eigenvalue weighted by Crippen LogP contribution is -2.01. The van der Waals surface area contributed by atoms with Crippen molar-refractivity contribution in [3.63, 3.8) is 0 Å². The standard InChI is InChI=1S/C11H11BrN2OS2/c1-7-14-9(5-16-7)6-17(15)11-4-8(12)2-3-10(11)13/h2-5H,6,13H2,1H3. The average Bonchev–Trinajstić information content (AvgIpc) is 2.67. The summed E-state index contributed by atoms with van der Waals surface area (Å²) in [5.41, 5.74) is 7.22. The van der Waals surface area contributed by atoms with Crippen LogP contribution in [0, 0.1) is 6.92 Å². The molecule has 0 saturated heterocycles. The molecule has 2 aromatic rings. The van der Waals surface area contributed by atoms with Crippen molar-refractivity contribution in [3.05, 3.63) is 38.8 Å². The molecule has 1 atom stereocenters. The van der Waals surface area contributed by atoms with Crippen LogP contribution in [0.15, 0.2) is 32.9 Å². The monoisotopic (exact) mass is 330 g/mol. The first-order valence-corrected chi connectivity index (χ1v) is 7.90. The number of anilines is 1. The molecule has 0 spiro atoms. The van der Waals surface area contributed by atoms with E-state index in [2.05, 4.69) is 20.9 Å². The van der Waals surface area contributed by atoms with Crippen molar-refractivity contribution in [2.75, 3.05) is 5.73 Å². The number of rotatable bonds is 3. The van der Waals surface area contributed by atoms with Gasteiger partial charge in [-0.3, -0.25) is 4.21 Å². The molecule has 1 aromatic carbocycles. The Hall–Kier alpha value is -0.720. The number of hydrogen-bond acceptors (Lipinski definition) is 4. The SMILES string of the molecule is Cc1nc(CS(=O)c2cc(Br)ccc2N)cs1. The molecular weight excluding hydrogens is 320 g/mol. The summed E-state index contributed by atoms with van der Waals surface area (Å²) in [7, 11) is -1.15. The summed E-state index contributed by atoms with van der Waals surface area (Å²) in [6.07, 6.45) is 0. The van der Waals surface area contributed by atoms with Gasteiger partial charge in [0.15, 0.2) is 0 Å². The zero-order valence-corrected chi connectivity index (χ0v) is 12.4. The normalized spacial score (nSPS) is 12.6. The fourth-order valence-electron chi connectivity index (χ4n) is 1.39. The van der Waals surface area contributed by atoms with Gasteiger partial charge in [0.1, 0.15) is 0 Å². The van der Waals surface area contributed by atoms with Crippen LogP contribution in [0.2, 0.25) is 0 Å². The number of benzene rings is 1. The Morgan fingerprint density at radius 1 is 1.53 bits per heavy atom. The minimum atomic E-state index is -1.15. The summed E-state index contributed by atoms with van der Waals surface area (Å²) in [4.78, 5) is 4.96. The van der Waals surface area contributed by atoms with Gasteiger partial charge in [-0.15, -0.1) is 11.3 Å². The molecule has 0 saturated carbocycles. The Kier molecular flexibility index (Phi) is 3.96. The molecule has 90 valence electrons. The highest BCUT2D eigenvalue weighted by molar-refractivity contribution is 9.10. The van der Waals surface area contributed by atoms with Crippen molar-refractivity contribution in [2.45, 2.75) is 17.6 Å². The fraction of sp³-hybridized carbons (Fsp3) is 0.182. The van der Waals surface area contributed by atoms with E-state index in [4.69, 9.17) is 5.73 Å². The van der Waals surface area contributed by atoms with E-state index in [9.17, 15) is 4.21 Å². The second kappa shape index (κ2) is 5.29. The van der Waals surface area contributed by atoms with Crippen LogP contribution in [0.25, 0.3) is 0 Å². The molecule has 0 aliphatic carbocycles. The van der Waals surface area contributed by atoms with Crippen LogP contribution in [0.3, 0.4) is 0 Å². The Morgan fingerprint density at radius 2 is 2.29 bits per heavy atom. The molecule has 0 aliphatic rings. The van der Waals surface area contributed by atoms with Gasteiger partial charge in [0.2, 0.25) is 0 Å². The molecule has 0 fully saturated rings. The molecule has 2 N–H and O–H groups in total. The molecule has 0 aliphatic heterocycles. The van der Waals surface area contributed by atoms with Gasteiger partial charge in [-0.2, -0.15) is 0 Å². The first kappa shape index (κ1) is 12.7. The number of nitrogen functional groups attached to an aromatic ring is 1. The highest BCUT2D eigenvalue weighted by atomic mass is 79.9. The van der Waals surface area contributed by atoms with E-state index in [0.29, 0.717) is 16.3 Å². The zero-order chi connectivity index (χ0) is 12.4. The highest BCUT2D eigenvalue weighted by Gasteiger charge is 2.11. The van der Waals surface area contributed by atoms with Crippen molar-refractivity contribution < 1.29 is 4.21 Å². The largest absolute Gasteiger partial charge is 0.398 e. The number of thiazole rings is 1. The third kappa shape index (κ3) is 3.14. The fourth-order valence-corrected chi connectivity index (χ4v) is 3.78. The first-order chi connectivity index (χ1) is 8.06. The van der Waals surface area contributed by atoms with Crippen molar-refractivity contribution in [3.8, 4) is 0 Å². The molecule has 3 nitrogen and oxygen atoms in total. The number of aryl methyl sites for hydroxylation is 1. The number of halogens is 1. The minimum Gasteiger partial charge on any atom is -0.398 e. The predicted octanol–water partition coefficient (Wildman–Crippen LogP) is 3.10. The van der Waals surface area contributed by atoms with E-state index in [-0.39, 0.29) is 0 Å². The van der Waals surface area contributed by atoms with Gasteiger partial charge >= 0.3 is 0 Å². The van der Waals surface area contributed by atoms with Gasteiger partial charge < -0.3 is 5.73 Å². The van der Waals surface area contributed by atoms with Crippen LogP contribution >= 0.6 is 27.3 Å². The van der Waals surface area contributed by atoms with Gasteiger partial charge in [0, 0.05) is 15.5 Å². The summed E-state index contributed by atoms with van der Waals surface area (Å²) in [5, 5.41) is 2.92. The zero-order valence-electron chi connectivity index (χ0n) is 9.14. The van der Waals surface area contributed by atoms with E-state index in [1.54, 1.807) is 23.5 Å². The summed E-state index contributed by atoms with van der Waals surface area (Å²) in [5.74, 6) is 0.408. The maximum Gasteiger partial charge on any atom is 0.0897 e. The molecule has 1 unspecified atom stereocenters. The molecule has 1 heterocycles. The molecule has 2 rings (SSSR count). The van der Waals surface area contributed by atoms with E-state index < -0.39 is 10.8 Å². The van der Waals surface area contributed by atoms with Crippen molar-refractivity contribution in [1.29, 1.82) is 0 Å². The third-order valence-electron chi connectivity index (χ3n) is 2.17. The number of nitrogens with two attached hydrogens (primary N) is 1. The smallest absolute Gasteiger partial charge is 0.0897 e. The summed E-state index contributed by atoms with van der Waals surface area (Å²) in [6.45, 7) is 1.94. The van der Waals surface area contributed by atoms with Gasteiger partial charge in [-0.25, -0.2) is 4.98 Å². The van der Waals surface area contributed by atoms with E-state index in [0.717, 1.165) is 15.2 Å². The number of aromatic nitrogens is 1. The van der Waals surface area contributed by atoms with Crippen LogP contribution in [0.1, 0.15) is 10.7 Å². The molecule has 17 heavy (non-hydrogen) atoms. The molecule has 0 bridgehead atoms. The van der Waals surface area contributed by atoms with Gasteiger partial charge in [-0.1, -0.05) is 15.9 Å². The van der Waals surface area contributed by atoms with Crippen LogP contribution < -0.4 is 5.73 Å². The Morgan fingerprint density at radius 3 is 2.94 bits per heavy atom. The Balaban J connectivity index is 2.22. The van der Waals surface area contributed by atoms with Crippen LogP contribution in [-0.4, -0.2) is 9.19 Å². The van der Waals surface area contributed by atoms with Gasteiger partial charge in [0.05, 0.1) is 32.1 Å². The molecule has 0 amide bonds. The minimum absolute atomic E-state index is 0.408. The van der Waals surface area contributed by atoms with Crippen LogP contribution in [0.4, 0.5) is 5.69 Å². The van der Waals surface area contributed by atoms with Crippen LogP contribution in [0.5, 0.6) is 0 Å². The molecule has 6 heteroatoms. The lowest BCUT2D eigenvalue weighted by atomic mass is 10.3. The van der Waals surface area contributed by atoms with Crippen molar-refractivity contribution in [1.82, 2.24) is 4.98 Å². The maximum absolute atomic E-state index is 12.2. The van der Waals surface area contributed by atoms with E-state index in [1.807, 2.05) is 18.4 Å². The quantitative estimate of drug-likeness (QED) is 0.880. The molecule has 1 aromatic heterocycles. The summed E-state index contributed by atoms with van der Waals surface area (Å²) < 4.78 is 13.1. The van der Waals surface area contributed by atoms with Gasteiger partial charge in [-0.05, 0) is 25.1 Å². The van der Waals surface area contributed by atoms with Gasteiger partial charge in [0.25, 0.3) is 0 Å². The molecule has 0 radical (unpaired) electrons. The first-order valence-electron chi connectivity index (χ1n) is 4.90. The number of nitrogens with zero attached hydrogens (tertiary/aromatic N) is 1. The average molecular weight is 331 g/mol. The molecular formula is C11H11BrN2OS2. The number of hydrogen-bond donors (Lipinski definition) is 1. The third-order valence-corrected chi connectivity index (χ3v) is 4.88. The van der Waals surface area contributed by atoms with Crippen molar-refractivity contribution in [2.24, 2.45) is 0 Å². The van der Waals surface area contributed by atoms with E-state index in [1.165, 1.54) is 0 Å². The highest BCUT2D eigenvalue weighted by Crippen LogP contribution is 2.23. The predicted molar refractivity (Wildman–Crippen MR) is 75.5 cm³/mol. The Bertz CT molecular complexity index is 568. The second-order valence-electron chi connectivity index (χ2n) is 3.53. The van der Waals surface area contributed by atoms with E-state index >= 15 is 0 Å².